The van der Waals surface area contributed by atoms with E-state index >= 15 is 0 Å². The summed E-state index contributed by atoms with van der Waals surface area (Å²) in [5, 5.41) is 0. The molecule has 2 unspecified atom stereocenters. The van der Waals surface area contributed by atoms with Gasteiger partial charge in [-0.05, 0) is 102 Å². The maximum Gasteiger partial charge on any atom is 0.180 e. The molecule has 0 saturated carbocycles. The molecule has 0 aromatic rings. The van der Waals surface area contributed by atoms with Gasteiger partial charge in [-0.2, -0.15) is 0 Å². The van der Waals surface area contributed by atoms with Crippen molar-refractivity contribution in [1.29, 1.82) is 0 Å². The molecule has 0 aromatic heterocycles. The van der Waals surface area contributed by atoms with Crippen molar-refractivity contribution in [1.82, 2.24) is 0 Å². The first-order valence-corrected chi connectivity index (χ1v) is 33.8. The molecule has 0 aliphatic carbocycles. The van der Waals surface area contributed by atoms with Gasteiger partial charge in [0.05, 0.1) is 13.2 Å². The standard InChI is InChI=1S/C68H134O7/c1-7-13-19-41-51-61-69-65(70-62-52-42-20-14-8-2)55-45-37-33-29-25-23-27-31-35-39-47-57-67(73-59-49-17-11-5)75-68(74-60-50-18-12-6)58-48-40-36-32-28-24-26-30-34-38-46-56-66(71-63-53-43-21-15-9-3)72-64-54-44-22-16-10-4/h47-48,57-58,65-68H,7-46,49-56,59-64H2,1-6H3. The van der Waals surface area contributed by atoms with Gasteiger partial charge in [-0.3, -0.25) is 0 Å². The Bertz CT molecular complexity index is 970. The van der Waals surface area contributed by atoms with Crippen molar-refractivity contribution in [2.45, 2.75) is 375 Å². The van der Waals surface area contributed by atoms with Crippen LogP contribution in [0.1, 0.15) is 350 Å². The Kier molecular flexibility index (Phi) is 65.0. The molecule has 0 rings (SSSR count). The number of hydrogen-bond donors (Lipinski definition) is 0. The quantitative estimate of drug-likeness (QED) is 0.0342. The van der Waals surface area contributed by atoms with E-state index in [2.05, 4.69) is 65.8 Å². The van der Waals surface area contributed by atoms with Crippen LogP contribution in [0.5, 0.6) is 0 Å². The number of hydrogen-bond acceptors (Lipinski definition) is 7. The van der Waals surface area contributed by atoms with Gasteiger partial charge in [0.25, 0.3) is 0 Å². The van der Waals surface area contributed by atoms with Crippen molar-refractivity contribution in [2.75, 3.05) is 39.6 Å². The second kappa shape index (κ2) is 65.7. The van der Waals surface area contributed by atoms with E-state index in [1.165, 1.54) is 270 Å². The van der Waals surface area contributed by atoms with E-state index in [4.69, 9.17) is 33.2 Å². The Morgan fingerprint density at radius 1 is 0.227 bits per heavy atom. The lowest BCUT2D eigenvalue weighted by Crippen LogP contribution is -2.25. The fourth-order valence-electron chi connectivity index (χ4n) is 9.66. The summed E-state index contributed by atoms with van der Waals surface area (Å²) in [4.78, 5) is 0. The zero-order valence-corrected chi connectivity index (χ0v) is 51.7. The Hall–Kier alpha value is -0.800. The maximum atomic E-state index is 6.53. The van der Waals surface area contributed by atoms with Crippen molar-refractivity contribution in [3.63, 3.8) is 0 Å². The molecule has 0 aliphatic rings. The van der Waals surface area contributed by atoms with Gasteiger partial charge in [0.15, 0.2) is 25.2 Å². The number of unbranched alkanes of at least 4 members (excludes halogenated alkanes) is 38. The van der Waals surface area contributed by atoms with Gasteiger partial charge in [-0.1, -0.05) is 272 Å². The Morgan fingerprint density at radius 2 is 0.440 bits per heavy atom. The molecule has 0 saturated heterocycles. The maximum absolute atomic E-state index is 6.53. The molecule has 0 N–H and O–H groups in total. The highest BCUT2D eigenvalue weighted by atomic mass is 16.8. The third-order valence-electron chi connectivity index (χ3n) is 14.7. The third kappa shape index (κ3) is 59.2. The van der Waals surface area contributed by atoms with E-state index < -0.39 is 0 Å². The molecule has 0 radical (unpaired) electrons. The fraction of sp³-hybridized carbons (Fsp3) is 0.941. The SMILES string of the molecule is CCCCCCCOC(CCCCCCCCCCCC=CC(OCCCCC)OC(C=CCCCCCCCCCCCC(OCCCCCCC)OCCCCCCC)OCCCCC)OCCCCCCC. The van der Waals surface area contributed by atoms with Gasteiger partial charge in [-0.15, -0.1) is 0 Å². The molecule has 75 heavy (non-hydrogen) atoms. The zero-order chi connectivity index (χ0) is 54.3. The van der Waals surface area contributed by atoms with Crippen molar-refractivity contribution in [3.8, 4) is 0 Å². The van der Waals surface area contributed by atoms with Crippen molar-refractivity contribution in [2.24, 2.45) is 0 Å². The van der Waals surface area contributed by atoms with Crippen LogP contribution in [0.4, 0.5) is 0 Å². The van der Waals surface area contributed by atoms with Gasteiger partial charge in [-0.25, -0.2) is 0 Å². The first kappa shape index (κ1) is 74.2. The third-order valence-corrected chi connectivity index (χ3v) is 14.7. The predicted molar refractivity (Wildman–Crippen MR) is 326 cm³/mol. The minimum Gasteiger partial charge on any atom is -0.353 e. The highest BCUT2D eigenvalue weighted by Crippen LogP contribution is 2.19. The average molecular weight is 1060 g/mol. The fourth-order valence-corrected chi connectivity index (χ4v) is 9.66. The summed E-state index contributed by atoms with van der Waals surface area (Å²) in [5.41, 5.74) is 0. The van der Waals surface area contributed by atoms with Crippen LogP contribution in [0, 0.1) is 0 Å². The second-order valence-corrected chi connectivity index (χ2v) is 22.4. The monoisotopic (exact) mass is 1060 g/mol. The summed E-state index contributed by atoms with van der Waals surface area (Å²) in [7, 11) is 0. The van der Waals surface area contributed by atoms with E-state index in [-0.39, 0.29) is 25.2 Å². The van der Waals surface area contributed by atoms with Crippen LogP contribution in [0.3, 0.4) is 0 Å². The van der Waals surface area contributed by atoms with Gasteiger partial charge in [0.2, 0.25) is 0 Å². The smallest absolute Gasteiger partial charge is 0.180 e. The largest absolute Gasteiger partial charge is 0.353 e. The molecule has 0 heterocycles. The molecule has 0 spiro atoms. The normalized spacial score (nSPS) is 13.0. The van der Waals surface area contributed by atoms with Crippen molar-refractivity contribution >= 4 is 0 Å². The Labute approximate surface area is 470 Å². The molecule has 448 valence electrons. The Balaban J connectivity index is 4.56. The number of rotatable bonds is 66. The average Bonchev–Trinajstić information content (AvgIpc) is 3.42. The lowest BCUT2D eigenvalue weighted by Gasteiger charge is -2.21. The van der Waals surface area contributed by atoms with Crippen molar-refractivity contribution < 1.29 is 33.2 Å². The molecule has 0 aliphatic heterocycles. The van der Waals surface area contributed by atoms with Crippen LogP contribution >= 0.6 is 0 Å². The summed E-state index contributed by atoms with van der Waals surface area (Å²) in [5.74, 6) is 0. The molecular weight excluding hydrogens is 929 g/mol. The molecular formula is C68H134O7. The van der Waals surface area contributed by atoms with Gasteiger partial charge in [0, 0.05) is 26.4 Å². The van der Waals surface area contributed by atoms with Crippen LogP contribution < -0.4 is 0 Å². The molecule has 7 nitrogen and oxygen atoms in total. The summed E-state index contributed by atoms with van der Waals surface area (Å²) in [6.07, 6.45) is 68.3. The summed E-state index contributed by atoms with van der Waals surface area (Å²) in [6, 6.07) is 0. The van der Waals surface area contributed by atoms with E-state index in [1.807, 2.05) is 0 Å². The van der Waals surface area contributed by atoms with Crippen LogP contribution in [-0.4, -0.2) is 64.8 Å². The minimum atomic E-state index is -0.375. The van der Waals surface area contributed by atoms with E-state index in [9.17, 15) is 0 Å². The highest BCUT2D eigenvalue weighted by Gasteiger charge is 2.15. The van der Waals surface area contributed by atoms with E-state index in [0.717, 1.165) is 78.2 Å². The van der Waals surface area contributed by atoms with Crippen LogP contribution in [0.15, 0.2) is 24.3 Å². The van der Waals surface area contributed by atoms with Crippen molar-refractivity contribution in [3.05, 3.63) is 24.3 Å². The summed E-state index contributed by atoms with van der Waals surface area (Å²) in [6.45, 7) is 18.4. The van der Waals surface area contributed by atoms with Gasteiger partial charge in [0.1, 0.15) is 0 Å². The first-order chi connectivity index (χ1) is 37.1. The van der Waals surface area contributed by atoms with E-state index in [1.54, 1.807) is 0 Å². The summed E-state index contributed by atoms with van der Waals surface area (Å²) >= 11 is 0. The topological polar surface area (TPSA) is 64.6 Å². The number of ether oxygens (including phenoxy) is 7. The first-order valence-electron chi connectivity index (χ1n) is 33.8. The van der Waals surface area contributed by atoms with Crippen LogP contribution in [0.25, 0.3) is 0 Å². The van der Waals surface area contributed by atoms with E-state index in [0.29, 0.717) is 0 Å². The minimum absolute atomic E-state index is 0.00409. The van der Waals surface area contributed by atoms with Crippen LogP contribution in [-0.2, 0) is 33.2 Å². The predicted octanol–water partition coefficient (Wildman–Crippen LogP) is 22.4. The molecule has 2 atom stereocenters. The zero-order valence-electron chi connectivity index (χ0n) is 51.7. The van der Waals surface area contributed by atoms with Crippen LogP contribution in [0.2, 0.25) is 0 Å². The lowest BCUT2D eigenvalue weighted by molar-refractivity contribution is -0.208. The Morgan fingerprint density at radius 3 is 0.733 bits per heavy atom. The van der Waals surface area contributed by atoms with Gasteiger partial charge >= 0.3 is 0 Å². The number of allylic oxidation sites excluding steroid dienone is 2. The summed E-state index contributed by atoms with van der Waals surface area (Å²) < 4.78 is 44.1. The second-order valence-electron chi connectivity index (χ2n) is 22.4. The molecule has 0 fully saturated rings. The van der Waals surface area contributed by atoms with Gasteiger partial charge < -0.3 is 33.2 Å². The molecule has 0 aromatic carbocycles. The molecule has 0 bridgehead atoms. The molecule has 7 heteroatoms. The molecule has 0 amide bonds. The lowest BCUT2D eigenvalue weighted by atomic mass is 10.1. The highest BCUT2D eigenvalue weighted by molar-refractivity contribution is 4.90.